The molecule has 1 heterocycles. The molecule has 1 aromatic carbocycles. The molecule has 2 rings (SSSR count). The van der Waals surface area contributed by atoms with E-state index in [2.05, 4.69) is 22.6 Å². The molecule has 1 aliphatic rings. The minimum atomic E-state index is -0.0254. The Hall–Kier alpha value is -0.820. The molecule has 1 amide bonds. The van der Waals surface area contributed by atoms with Crippen LogP contribution in [0.1, 0.15) is 6.92 Å². The maximum Gasteiger partial charge on any atom is 0.265 e. The van der Waals surface area contributed by atoms with Gasteiger partial charge in [0.25, 0.3) is 5.91 Å². The molecule has 0 spiro atoms. The molecule has 5 heteroatoms. The summed E-state index contributed by atoms with van der Waals surface area (Å²) in [5.41, 5.74) is 0.825. The van der Waals surface area contributed by atoms with E-state index in [9.17, 15) is 4.79 Å². The van der Waals surface area contributed by atoms with Crippen molar-refractivity contribution in [2.45, 2.75) is 13.0 Å². The Morgan fingerprint density at radius 3 is 3.06 bits per heavy atom. The maximum atomic E-state index is 11.8. The average molecular weight is 347 g/mol. The second-order valence-electron chi connectivity index (χ2n) is 3.95. The zero-order valence-electron chi connectivity index (χ0n) is 9.77. The molecule has 0 saturated heterocycles. The summed E-state index contributed by atoms with van der Waals surface area (Å²) in [7, 11) is 1.64. The van der Waals surface area contributed by atoms with Crippen molar-refractivity contribution < 1.29 is 14.3 Å². The van der Waals surface area contributed by atoms with Gasteiger partial charge in [-0.2, -0.15) is 0 Å². The van der Waals surface area contributed by atoms with E-state index in [-0.39, 0.29) is 18.6 Å². The van der Waals surface area contributed by atoms with Gasteiger partial charge in [-0.15, -0.1) is 0 Å². The number of rotatable bonds is 3. The molecule has 1 unspecified atom stereocenters. The Balaban J connectivity index is 2.30. The van der Waals surface area contributed by atoms with Crippen molar-refractivity contribution in [2.24, 2.45) is 0 Å². The number of carbonyl (C=O) groups is 1. The molecule has 92 valence electrons. The highest BCUT2D eigenvalue weighted by atomic mass is 127. The first-order chi connectivity index (χ1) is 8.11. The molecular formula is C12H14INO3. The summed E-state index contributed by atoms with van der Waals surface area (Å²) in [5.74, 6) is 0.738. The van der Waals surface area contributed by atoms with Crippen LogP contribution in [0.5, 0.6) is 5.75 Å². The summed E-state index contributed by atoms with van der Waals surface area (Å²) in [6, 6.07) is 5.81. The highest BCUT2D eigenvalue weighted by molar-refractivity contribution is 14.1. The topological polar surface area (TPSA) is 38.8 Å². The van der Waals surface area contributed by atoms with Crippen molar-refractivity contribution in [3.05, 3.63) is 21.8 Å². The van der Waals surface area contributed by atoms with E-state index in [0.717, 1.165) is 15.0 Å². The van der Waals surface area contributed by atoms with Gasteiger partial charge in [0, 0.05) is 10.7 Å². The number of benzene rings is 1. The minimum absolute atomic E-state index is 0.00387. The molecule has 0 N–H and O–H groups in total. The molecule has 1 atom stereocenters. The summed E-state index contributed by atoms with van der Waals surface area (Å²) in [5, 5.41) is 0. The molecule has 1 aliphatic heterocycles. The molecule has 0 radical (unpaired) electrons. The van der Waals surface area contributed by atoms with Crippen LogP contribution in [0.25, 0.3) is 0 Å². The number of halogens is 1. The van der Waals surface area contributed by atoms with Gasteiger partial charge in [0.2, 0.25) is 0 Å². The zero-order chi connectivity index (χ0) is 12.4. The number of hydrogen-bond acceptors (Lipinski definition) is 3. The highest BCUT2D eigenvalue weighted by Crippen LogP contribution is 2.33. The van der Waals surface area contributed by atoms with Crippen molar-refractivity contribution in [1.82, 2.24) is 0 Å². The number of amides is 1. The largest absolute Gasteiger partial charge is 0.482 e. The Morgan fingerprint density at radius 2 is 2.35 bits per heavy atom. The zero-order valence-corrected chi connectivity index (χ0v) is 11.9. The monoisotopic (exact) mass is 347 g/mol. The van der Waals surface area contributed by atoms with Gasteiger partial charge in [-0.1, -0.05) is 0 Å². The van der Waals surface area contributed by atoms with Crippen molar-refractivity contribution >= 4 is 34.2 Å². The number of ether oxygens (including phenoxy) is 2. The first-order valence-electron chi connectivity index (χ1n) is 5.37. The lowest BCUT2D eigenvalue weighted by Gasteiger charge is -2.31. The number of methoxy groups -OCH3 is 1. The third kappa shape index (κ3) is 2.71. The van der Waals surface area contributed by atoms with Gasteiger partial charge < -0.3 is 14.4 Å². The Labute approximate surface area is 114 Å². The van der Waals surface area contributed by atoms with Crippen LogP contribution in [0.2, 0.25) is 0 Å². The molecule has 0 fully saturated rings. The van der Waals surface area contributed by atoms with Gasteiger partial charge in [-0.05, 0) is 47.7 Å². The second-order valence-corrected chi connectivity index (χ2v) is 5.20. The highest BCUT2D eigenvalue weighted by Gasteiger charge is 2.26. The molecule has 0 saturated carbocycles. The summed E-state index contributed by atoms with van der Waals surface area (Å²) in [4.78, 5) is 13.6. The third-order valence-electron chi connectivity index (χ3n) is 2.71. The number of fused-ring (bicyclic) bond motifs is 1. The van der Waals surface area contributed by atoms with Crippen molar-refractivity contribution in [1.29, 1.82) is 0 Å². The molecular weight excluding hydrogens is 333 g/mol. The molecule has 4 nitrogen and oxygen atoms in total. The predicted octanol–water partition coefficient (Wildman–Crippen LogP) is 2.05. The molecule has 17 heavy (non-hydrogen) atoms. The molecule has 0 bridgehead atoms. The van der Waals surface area contributed by atoms with Crippen LogP contribution in [0.3, 0.4) is 0 Å². The van der Waals surface area contributed by atoms with Crippen LogP contribution in [0.4, 0.5) is 5.69 Å². The van der Waals surface area contributed by atoms with Crippen LogP contribution in [0, 0.1) is 3.57 Å². The van der Waals surface area contributed by atoms with E-state index in [1.165, 1.54) is 0 Å². The number of hydrogen-bond donors (Lipinski definition) is 0. The Kier molecular flexibility index (Phi) is 3.88. The van der Waals surface area contributed by atoms with Gasteiger partial charge in [-0.25, -0.2) is 0 Å². The van der Waals surface area contributed by atoms with Crippen LogP contribution in [0.15, 0.2) is 18.2 Å². The lowest BCUT2D eigenvalue weighted by atomic mass is 10.2. The number of anilines is 1. The van der Waals surface area contributed by atoms with Crippen molar-refractivity contribution in [2.75, 3.05) is 25.2 Å². The van der Waals surface area contributed by atoms with E-state index >= 15 is 0 Å². The van der Waals surface area contributed by atoms with Crippen LogP contribution in [-0.2, 0) is 9.53 Å². The quantitative estimate of drug-likeness (QED) is 0.786. The third-order valence-corrected chi connectivity index (χ3v) is 3.38. The normalized spacial score (nSPS) is 16.4. The standard InChI is InChI=1S/C12H14INO3/c1-8(16-2)6-14-10-4-3-9(13)5-11(10)17-7-12(14)15/h3-5,8H,6-7H2,1-2H3. The summed E-state index contributed by atoms with van der Waals surface area (Å²) in [6.45, 7) is 2.59. The fourth-order valence-corrected chi connectivity index (χ4v) is 2.17. The average Bonchev–Trinajstić information content (AvgIpc) is 2.32. The van der Waals surface area contributed by atoms with E-state index < -0.39 is 0 Å². The maximum absolute atomic E-state index is 11.8. The van der Waals surface area contributed by atoms with E-state index in [1.807, 2.05) is 25.1 Å². The summed E-state index contributed by atoms with van der Waals surface area (Å²) >= 11 is 2.22. The van der Waals surface area contributed by atoms with E-state index in [0.29, 0.717) is 6.54 Å². The van der Waals surface area contributed by atoms with Crippen molar-refractivity contribution in [3.8, 4) is 5.75 Å². The Bertz CT molecular complexity index is 436. The lowest BCUT2D eigenvalue weighted by Crippen LogP contribution is -2.43. The second kappa shape index (κ2) is 5.22. The molecule has 0 aliphatic carbocycles. The molecule has 1 aromatic rings. The lowest BCUT2D eigenvalue weighted by molar-refractivity contribution is -0.121. The van der Waals surface area contributed by atoms with E-state index in [4.69, 9.17) is 9.47 Å². The summed E-state index contributed by atoms with van der Waals surface area (Å²) < 4.78 is 11.7. The van der Waals surface area contributed by atoms with Gasteiger partial charge in [-0.3, -0.25) is 4.79 Å². The number of carbonyl (C=O) groups excluding carboxylic acids is 1. The minimum Gasteiger partial charge on any atom is -0.482 e. The van der Waals surface area contributed by atoms with Crippen LogP contribution in [-0.4, -0.2) is 32.3 Å². The molecule has 0 aromatic heterocycles. The van der Waals surface area contributed by atoms with Gasteiger partial charge in [0.05, 0.1) is 18.3 Å². The Morgan fingerprint density at radius 1 is 1.59 bits per heavy atom. The number of nitrogens with zero attached hydrogens (tertiary/aromatic N) is 1. The van der Waals surface area contributed by atoms with Gasteiger partial charge >= 0.3 is 0 Å². The van der Waals surface area contributed by atoms with Crippen LogP contribution >= 0.6 is 22.6 Å². The fraction of sp³-hybridized carbons (Fsp3) is 0.417. The van der Waals surface area contributed by atoms with E-state index in [1.54, 1.807) is 12.0 Å². The summed E-state index contributed by atoms with van der Waals surface area (Å²) in [6.07, 6.45) is 0.00387. The van der Waals surface area contributed by atoms with Gasteiger partial charge in [0.1, 0.15) is 5.75 Å². The predicted molar refractivity (Wildman–Crippen MR) is 73.5 cm³/mol. The van der Waals surface area contributed by atoms with Gasteiger partial charge in [0.15, 0.2) is 6.61 Å². The smallest absolute Gasteiger partial charge is 0.265 e. The first kappa shape index (κ1) is 12.6. The van der Waals surface area contributed by atoms with Crippen LogP contribution < -0.4 is 9.64 Å². The van der Waals surface area contributed by atoms with Crippen molar-refractivity contribution in [3.63, 3.8) is 0 Å². The first-order valence-corrected chi connectivity index (χ1v) is 6.45. The fourth-order valence-electron chi connectivity index (χ4n) is 1.71. The SMILES string of the molecule is COC(C)CN1C(=O)COc2cc(I)ccc21.